The minimum atomic E-state index is -1.51. The van der Waals surface area contributed by atoms with Gasteiger partial charge in [-0.15, -0.1) is 12.4 Å². The number of nitrogens with zero attached hydrogens (tertiary/aromatic N) is 1. The number of ether oxygens (including phenoxy) is 2. The van der Waals surface area contributed by atoms with E-state index < -0.39 is 34.6 Å². The fourth-order valence-corrected chi connectivity index (χ4v) is 2.21. The summed E-state index contributed by atoms with van der Waals surface area (Å²) in [5, 5.41) is 0. The van der Waals surface area contributed by atoms with E-state index in [1.807, 2.05) is 4.90 Å². The van der Waals surface area contributed by atoms with Gasteiger partial charge in [-0.05, 0) is 6.42 Å². The summed E-state index contributed by atoms with van der Waals surface area (Å²) in [4.78, 5) is 2.00. The summed E-state index contributed by atoms with van der Waals surface area (Å²) >= 11 is 0. The Morgan fingerprint density at radius 1 is 1.04 bits per heavy atom. The largest absolute Gasteiger partial charge is 0.487 e. The third-order valence-corrected chi connectivity index (χ3v) is 3.46. The molecule has 0 atom stereocenters. The Kier molecular flexibility index (Phi) is 8.52. The molecule has 1 saturated heterocycles. The lowest BCUT2D eigenvalue weighted by Gasteiger charge is -2.25. The van der Waals surface area contributed by atoms with Gasteiger partial charge < -0.3 is 9.47 Å². The van der Waals surface area contributed by atoms with E-state index in [9.17, 15) is 17.6 Å². The first-order valence-corrected chi connectivity index (χ1v) is 7.51. The highest BCUT2D eigenvalue weighted by Crippen LogP contribution is 2.30. The Hall–Kier alpha value is -1.31. The van der Waals surface area contributed by atoms with Gasteiger partial charge in [-0.2, -0.15) is 8.78 Å². The van der Waals surface area contributed by atoms with Crippen molar-refractivity contribution < 1.29 is 27.0 Å². The van der Waals surface area contributed by atoms with Crippen LogP contribution in [0.5, 0.6) is 5.75 Å². The molecule has 0 aromatic heterocycles. The fraction of sp³-hybridized carbons (Fsp3) is 0.500. The van der Waals surface area contributed by atoms with Crippen LogP contribution >= 0.6 is 12.4 Å². The highest BCUT2D eigenvalue weighted by molar-refractivity contribution is 5.85. The Bertz CT molecular complexity index is 549. The van der Waals surface area contributed by atoms with E-state index >= 15 is 0 Å². The summed E-state index contributed by atoms with van der Waals surface area (Å²) in [5.41, 5.74) is -0.739. The number of rotatable bonds is 6. The second-order valence-electron chi connectivity index (χ2n) is 5.16. The van der Waals surface area contributed by atoms with Crippen LogP contribution in [0.1, 0.15) is 18.9 Å². The normalized spacial score (nSPS) is 15.5. The van der Waals surface area contributed by atoms with Crippen LogP contribution in [0.15, 0.2) is 6.08 Å². The first-order chi connectivity index (χ1) is 11.1. The monoisotopic (exact) mass is 369 g/mol. The molecule has 0 radical (unpaired) electrons. The smallest absolute Gasteiger partial charge is 0.204 e. The molecule has 0 saturated carbocycles. The lowest BCUT2D eigenvalue weighted by atomic mass is 10.1. The topological polar surface area (TPSA) is 21.7 Å². The van der Waals surface area contributed by atoms with Crippen LogP contribution in [-0.4, -0.2) is 44.4 Å². The number of hydrogen-bond acceptors (Lipinski definition) is 3. The van der Waals surface area contributed by atoms with Crippen molar-refractivity contribution in [1.29, 1.82) is 0 Å². The third-order valence-electron chi connectivity index (χ3n) is 3.46. The summed E-state index contributed by atoms with van der Waals surface area (Å²) in [5.74, 6) is -6.93. The lowest BCUT2D eigenvalue weighted by Crippen LogP contribution is -2.36. The molecule has 0 spiro atoms. The quantitative estimate of drug-likeness (QED) is 0.562. The molecule has 24 heavy (non-hydrogen) atoms. The molecule has 1 aromatic carbocycles. The zero-order valence-corrected chi connectivity index (χ0v) is 14.1. The molecule has 1 fully saturated rings. The van der Waals surface area contributed by atoms with Gasteiger partial charge in [-0.3, -0.25) is 4.90 Å². The van der Waals surface area contributed by atoms with Gasteiger partial charge >= 0.3 is 0 Å². The van der Waals surface area contributed by atoms with E-state index in [-0.39, 0.29) is 19.0 Å². The van der Waals surface area contributed by atoms with Crippen molar-refractivity contribution >= 4 is 18.5 Å². The Morgan fingerprint density at radius 3 is 2.17 bits per heavy atom. The molecule has 0 amide bonds. The van der Waals surface area contributed by atoms with Crippen LogP contribution in [-0.2, 0) is 4.74 Å². The van der Waals surface area contributed by atoms with Crippen molar-refractivity contribution in [3.05, 3.63) is 34.9 Å². The van der Waals surface area contributed by atoms with E-state index in [0.717, 1.165) is 6.08 Å². The van der Waals surface area contributed by atoms with Crippen molar-refractivity contribution in [2.75, 3.05) is 39.5 Å². The van der Waals surface area contributed by atoms with Gasteiger partial charge in [0.15, 0.2) is 17.4 Å². The zero-order chi connectivity index (χ0) is 16.8. The van der Waals surface area contributed by atoms with E-state index in [4.69, 9.17) is 9.47 Å². The summed E-state index contributed by atoms with van der Waals surface area (Å²) in [6.07, 6.45) is 2.98. The van der Waals surface area contributed by atoms with Gasteiger partial charge in [-0.1, -0.05) is 19.1 Å². The number of morpholine rings is 1. The van der Waals surface area contributed by atoms with E-state index in [1.165, 1.54) is 6.08 Å². The molecule has 1 aliphatic rings. The van der Waals surface area contributed by atoms with Gasteiger partial charge in [0.1, 0.15) is 0 Å². The molecule has 1 aliphatic heterocycles. The molecule has 1 heterocycles. The van der Waals surface area contributed by atoms with E-state index in [0.29, 0.717) is 39.3 Å². The Labute approximate surface area is 144 Å². The minimum Gasteiger partial charge on any atom is -0.487 e. The van der Waals surface area contributed by atoms with Gasteiger partial charge in [0.05, 0.1) is 25.4 Å². The highest BCUT2D eigenvalue weighted by atomic mass is 35.5. The average Bonchev–Trinajstić information content (AvgIpc) is 2.57. The molecule has 0 unspecified atom stereocenters. The standard InChI is InChI=1S/C16H19F4NO2.ClH/c1-2-8-23-16-14(19)12(17)11(13(18)15(16)20)4-3-5-21-6-9-22-10-7-21;/h3-4H,2,5-10H2,1H3;1H/b4-3+;. The minimum absolute atomic E-state index is 0. The summed E-state index contributed by atoms with van der Waals surface area (Å²) in [7, 11) is 0. The lowest BCUT2D eigenvalue weighted by molar-refractivity contribution is 0.0435. The molecule has 1 aromatic rings. The molecule has 2 rings (SSSR count). The van der Waals surface area contributed by atoms with Crippen LogP contribution in [0.2, 0.25) is 0 Å². The first-order valence-electron chi connectivity index (χ1n) is 7.51. The van der Waals surface area contributed by atoms with Crippen molar-refractivity contribution in [2.24, 2.45) is 0 Å². The van der Waals surface area contributed by atoms with Crippen molar-refractivity contribution in [1.82, 2.24) is 4.90 Å². The average molecular weight is 370 g/mol. The maximum Gasteiger partial charge on any atom is 0.204 e. The van der Waals surface area contributed by atoms with Crippen LogP contribution in [0.25, 0.3) is 6.08 Å². The van der Waals surface area contributed by atoms with E-state index in [2.05, 4.69) is 0 Å². The van der Waals surface area contributed by atoms with Crippen LogP contribution < -0.4 is 4.74 Å². The molecule has 0 aliphatic carbocycles. The van der Waals surface area contributed by atoms with Gasteiger partial charge in [0.25, 0.3) is 0 Å². The predicted molar refractivity (Wildman–Crippen MR) is 85.6 cm³/mol. The second kappa shape index (κ2) is 9.86. The van der Waals surface area contributed by atoms with Crippen molar-refractivity contribution in [2.45, 2.75) is 13.3 Å². The summed E-state index contributed by atoms with van der Waals surface area (Å²) in [6, 6.07) is 0. The Balaban J connectivity index is 0.00000288. The van der Waals surface area contributed by atoms with Crippen LogP contribution in [0.3, 0.4) is 0 Å². The molecular formula is C16H20ClF4NO2. The van der Waals surface area contributed by atoms with Gasteiger partial charge in [-0.25, -0.2) is 8.78 Å². The fourth-order valence-electron chi connectivity index (χ4n) is 2.21. The number of halogens is 5. The van der Waals surface area contributed by atoms with Crippen molar-refractivity contribution in [3.8, 4) is 5.75 Å². The molecule has 0 bridgehead atoms. The predicted octanol–water partition coefficient (Wildman–Crippen LogP) is 3.80. The summed E-state index contributed by atoms with van der Waals surface area (Å²) in [6.45, 7) is 4.67. The first kappa shape index (κ1) is 20.7. The molecule has 136 valence electrons. The Morgan fingerprint density at radius 2 is 1.62 bits per heavy atom. The van der Waals surface area contributed by atoms with Gasteiger partial charge in [0.2, 0.25) is 11.6 Å². The highest BCUT2D eigenvalue weighted by Gasteiger charge is 2.25. The summed E-state index contributed by atoms with van der Waals surface area (Å²) < 4.78 is 65.5. The van der Waals surface area contributed by atoms with Gasteiger partial charge in [0, 0.05) is 19.6 Å². The van der Waals surface area contributed by atoms with Crippen molar-refractivity contribution in [3.63, 3.8) is 0 Å². The third kappa shape index (κ3) is 4.84. The zero-order valence-electron chi connectivity index (χ0n) is 13.3. The molecule has 8 heteroatoms. The maximum absolute atomic E-state index is 13.9. The molecule has 3 nitrogen and oxygen atoms in total. The molecular weight excluding hydrogens is 350 g/mol. The number of hydrogen-bond donors (Lipinski definition) is 0. The van der Waals surface area contributed by atoms with Crippen LogP contribution in [0, 0.1) is 23.3 Å². The van der Waals surface area contributed by atoms with E-state index in [1.54, 1.807) is 6.92 Å². The second-order valence-corrected chi connectivity index (χ2v) is 5.16. The molecule has 0 N–H and O–H groups in total. The number of benzene rings is 1. The maximum atomic E-state index is 13.9. The SMILES string of the molecule is CCCOc1c(F)c(F)c(/C=C/CN2CCOCC2)c(F)c1F.Cl. The van der Waals surface area contributed by atoms with Crippen LogP contribution in [0.4, 0.5) is 17.6 Å².